The molecule has 1 rings (SSSR count). The molecule has 0 heterocycles. The molecule has 0 bridgehead atoms. The first-order valence-corrected chi connectivity index (χ1v) is 7.98. The van der Waals surface area contributed by atoms with Gasteiger partial charge in [0.05, 0.1) is 12.9 Å². The molecule has 0 fully saturated rings. The first-order valence-electron chi connectivity index (χ1n) is 6.16. The lowest BCUT2D eigenvalue weighted by Crippen LogP contribution is -2.16. The van der Waals surface area contributed by atoms with Crippen molar-refractivity contribution in [2.75, 3.05) is 25.2 Å². The molecular formula is C13H21NO4S. The molecule has 0 saturated heterocycles. The van der Waals surface area contributed by atoms with Crippen LogP contribution >= 0.6 is 0 Å². The third kappa shape index (κ3) is 4.72. The van der Waals surface area contributed by atoms with Gasteiger partial charge >= 0.3 is 0 Å². The lowest BCUT2D eigenvalue weighted by molar-refractivity contribution is 0.311. The minimum Gasteiger partial charge on any atom is -0.493 e. The van der Waals surface area contributed by atoms with Crippen molar-refractivity contribution in [3.63, 3.8) is 0 Å². The van der Waals surface area contributed by atoms with Crippen LogP contribution in [-0.2, 0) is 9.84 Å². The van der Waals surface area contributed by atoms with Crippen molar-refractivity contribution >= 4 is 9.84 Å². The number of sulfone groups is 1. The standard InChI is InChI=1S/C13H21NO4S/c1-4-19(15,16)8-7-18-12-6-5-11(10(2)14)9-13(12)17-3/h5-6,9-10H,4,7-8,14H2,1-3H3/t10-/m1/s1. The van der Waals surface area contributed by atoms with Gasteiger partial charge in [-0.2, -0.15) is 0 Å². The molecule has 0 aliphatic carbocycles. The molecule has 108 valence electrons. The molecule has 19 heavy (non-hydrogen) atoms. The largest absolute Gasteiger partial charge is 0.493 e. The van der Waals surface area contributed by atoms with Crippen molar-refractivity contribution < 1.29 is 17.9 Å². The summed E-state index contributed by atoms with van der Waals surface area (Å²) < 4.78 is 33.4. The molecule has 6 heteroatoms. The van der Waals surface area contributed by atoms with Crippen LogP contribution in [0.15, 0.2) is 18.2 Å². The lowest BCUT2D eigenvalue weighted by Gasteiger charge is -2.13. The molecule has 1 aromatic rings. The Morgan fingerprint density at radius 2 is 2.00 bits per heavy atom. The molecule has 0 radical (unpaired) electrons. The molecule has 0 spiro atoms. The smallest absolute Gasteiger partial charge is 0.161 e. The number of hydrogen-bond donors (Lipinski definition) is 1. The predicted molar refractivity (Wildman–Crippen MR) is 75.4 cm³/mol. The number of hydrogen-bond acceptors (Lipinski definition) is 5. The maximum absolute atomic E-state index is 11.4. The van der Waals surface area contributed by atoms with Gasteiger partial charge in [0.1, 0.15) is 6.61 Å². The first kappa shape index (κ1) is 15.8. The molecule has 0 amide bonds. The van der Waals surface area contributed by atoms with Crippen LogP contribution in [0.2, 0.25) is 0 Å². The summed E-state index contributed by atoms with van der Waals surface area (Å²) in [5.41, 5.74) is 6.72. The fraction of sp³-hybridized carbons (Fsp3) is 0.538. The summed E-state index contributed by atoms with van der Waals surface area (Å²) in [6.45, 7) is 3.61. The van der Waals surface area contributed by atoms with Crippen molar-refractivity contribution in [2.45, 2.75) is 19.9 Å². The van der Waals surface area contributed by atoms with Gasteiger partial charge in [-0.15, -0.1) is 0 Å². The molecular weight excluding hydrogens is 266 g/mol. The van der Waals surface area contributed by atoms with E-state index in [1.807, 2.05) is 13.0 Å². The Morgan fingerprint density at radius 3 is 2.53 bits per heavy atom. The molecule has 5 nitrogen and oxygen atoms in total. The van der Waals surface area contributed by atoms with Crippen molar-refractivity contribution in [3.05, 3.63) is 23.8 Å². The highest BCUT2D eigenvalue weighted by molar-refractivity contribution is 7.91. The van der Waals surface area contributed by atoms with Gasteiger partial charge in [-0.25, -0.2) is 8.42 Å². The molecule has 2 N–H and O–H groups in total. The minimum atomic E-state index is -3.02. The highest BCUT2D eigenvalue weighted by Crippen LogP contribution is 2.29. The summed E-state index contributed by atoms with van der Waals surface area (Å²) in [4.78, 5) is 0. The van der Waals surface area contributed by atoms with E-state index in [4.69, 9.17) is 15.2 Å². The first-order chi connectivity index (χ1) is 8.89. The van der Waals surface area contributed by atoms with Gasteiger partial charge in [-0.3, -0.25) is 0 Å². The Morgan fingerprint density at radius 1 is 1.32 bits per heavy atom. The average Bonchev–Trinajstić information content (AvgIpc) is 2.38. The Hall–Kier alpha value is -1.27. The second-order valence-corrected chi connectivity index (χ2v) is 6.76. The highest BCUT2D eigenvalue weighted by Gasteiger charge is 2.11. The van der Waals surface area contributed by atoms with E-state index in [1.165, 1.54) is 7.11 Å². The second kappa shape index (κ2) is 6.77. The van der Waals surface area contributed by atoms with Crippen LogP contribution in [0.25, 0.3) is 0 Å². The number of benzene rings is 1. The summed E-state index contributed by atoms with van der Waals surface area (Å²) in [7, 11) is -1.48. The zero-order valence-electron chi connectivity index (χ0n) is 11.5. The van der Waals surface area contributed by atoms with Gasteiger partial charge in [0.2, 0.25) is 0 Å². The van der Waals surface area contributed by atoms with E-state index >= 15 is 0 Å². The Balaban J connectivity index is 2.73. The Labute approximate surface area is 114 Å². The van der Waals surface area contributed by atoms with Crippen LogP contribution in [0.3, 0.4) is 0 Å². The van der Waals surface area contributed by atoms with E-state index in [0.29, 0.717) is 11.5 Å². The van der Waals surface area contributed by atoms with Crippen LogP contribution in [-0.4, -0.2) is 33.6 Å². The van der Waals surface area contributed by atoms with Crippen LogP contribution in [0, 0.1) is 0 Å². The summed E-state index contributed by atoms with van der Waals surface area (Å²) in [5, 5.41) is 0. The topological polar surface area (TPSA) is 78.6 Å². The van der Waals surface area contributed by atoms with Crippen molar-refractivity contribution in [1.29, 1.82) is 0 Å². The summed E-state index contributed by atoms with van der Waals surface area (Å²) in [6, 6.07) is 5.30. The number of methoxy groups -OCH3 is 1. The monoisotopic (exact) mass is 287 g/mol. The summed E-state index contributed by atoms with van der Waals surface area (Å²) in [6.07, 6.45) is 0. The van der Waals surface area contributed by atoms with Gasteiger partial charge in [0, 0.05) is 11.8 Å². The van der Waals surface area contributed by atoms with E-state index in [0.717, 1.165) is 5.56 Å². The zero-order valence-corrected chi connectivity index (χ0v) is 12.4. The quantitative estimate of drug-likeness (QED) is 0.822. The average molecular weight is 287 g/mol. The van der Waals surface area contributed by atoms with E-state index < -0.39 is 9.84 Å². The van der Waals surface area contributed by atoms with Crippen molar-refractivity contribution in [1.82, 2.24) is 0 Å². The normalized spacial score (nSPS) is 13.1. The van der Waals surface area contributed by atoms with Gasteiger partial charge < -0.3 is 15.2 Å². The third-order valence-corrected chi connectivity index (χ3v) is 4.47. The fourth-order valence-corrected chi connectivity index (χ4v) is 2.14. The number of nitrogens with two attached hydrogens (primary N) is 1. The number of rotatable bonds is 7. The zero-order chi connectivity index (χ0) is 14.5. The summed E-state index contributed by atoms with van der Waals surface area (Å²) >= 11 is 0. The molecule has 1 aromatic carbocycles. The third-order valence-electron chi connectivity index (χ3n) is 2.81. The van der Waals surface area contributed by atoms with Crippen LogP contribution in [0.5, 0.6) is 11.5 Å². The summed E-state index contributed by atoms with van der Waals surface area (Å²) in [5.74, 6) is 1.21. The van der Waals surface area contributed by atoms with E-state index in [-0.39, 0.29) is 24.2 Å². The van der Waals surface area contributed by atoms with E-state index in [2.05, 4.69) is 0 Å². The Kier molecular flexibility index (Phi) is 5.62. The number of ether oxygens (including phenoxy) is 2. The van der Waals surface area contributed by atoms with Gasteiger partial charge in [-0.1, -0.05) is 13.0 Å². The van der Waals surface area contributed by atoms with Crippen LogP contribution < -0.4 is 15.2 Å². The lowest BCUT2D eigenvalue weighted by atomic mass is 10.1. The Bertz CT molecular complexity index is 511. The molecule has 0 unspecified atom stereocenters. The predicted octanol–water partition coefficient (Wildman–Crippen LogP) is 1.53. The van der Waals surface area contributed by atoms with Crippen molar-refractivity contribution in [3.8, 4) is 11.5 Å². The molecule has 0 saturated carbocycles. The molecule has 1 atom stereocenters. The van der Waals surface area contributed by atoms with Crippen molar-refractivity contribution in [2.24, 2.45) is 5.73 Å². The second-order valence-electron chi connectivity index (χ2n) is 4.28. The van der Waals surface area contributed by atoms with Gasteiger partial charge in [0.25, 0.3) is 0 Å². The highest BCUT2D eigenvalue weighted by atomic mass is 32.2. The van der Waals surface area contributed by atoms with E-state index in [9.17, 15) is 8.42 Å². The minimum absolute atomic E-state index is 0.00168. The molecule has 0 aliphatic heterocycles. The van der Waals surface area contributed by atoms with Crippen LogP contribution in [0.4, 0.5) is 0 Å². The molecule has 0 aromatic heterocycles. The van der Waals surface area contributed by atoms with Crippen LogP contribution in [0.1, 0.15) is 25.5 Å². The molecule has 0 aliphatic rings. The van der Waals surface area contributed by atoms with E-state index in [1.54, 1.807) is 19.1 Å². The fourth-order valence-electron chi connectivity index (χ4n) is 1.51. The maximum Gasteiger partial charge on any atom is 0.161 e. The van der Waals surface area contributed by atoms with Gasteiger partial charge in [0.15, 0.2) is 21.3 Å². The van der Waals surface area contributed by atoms with Gasteiger partial charge in [-0.05, 0) is 24.6 Å². The SMILES string of the molecule is CCS(=O)(=O)CCOc1ccc([C@@H](C)N)cc1OC. The maximum atomic E-state index is 11.4.